The highest BCUT2D eigenvalue weighted by molar-refractivity contribution is 9.10. The second kappa shape index (κ2) is 12.0. The van der Waals surface area contributed by atoms with Gasteiger partial charge in [0.15, 0.2) is 0 Å². The monoisotopic (exact) mass is 571 g/mol. The molecule has 0 aromatic heterocycles. The molecule has 0 spiro atoms. The molecule has 0 bridgehead atoms. The van der Waals surface area contributed by atoms with E-state index in [1.54, 1.807) is 32.0 Å². The van der Waals surface area contributed by atoms with Crippen LogP contribution >= 0.6 is 27.5 Å². The molecule has 0 aliphatic carbocycles. The van der Waals surface area contributed by atoms with Gasteiger partial charge >= 0.3 is 0 Å². The molecule has 0 heterocycles. The lowest BCUT2D eigenvalue weighted by Gasteiger charge is -2.32. The minimum absolute atomic E-state index is 0.140. The van der Waals surface area contributed by atoms with Crippen molar-refractivity contribution in [1.82, 2.24) is 10.2 Å². The van der Waals surface area contributed by atoms with Crippen molar-refractivity contribution in [3.8, 4) is 0 Å². The van der Waals surface area contributed by atoms with Crippen LogP contribution in [0.1, 0.15) is 31.9 Å². The Morgan fingerprint density at radius 1 is 1.12 bits per heavy atom. The summed E-state index contributed by atoms with van der Waals surface area (Å²) in [5.74, 6) is -0.559. The predicted molar refractivity (Wildman–Crippen MR) is 140 cm³/mol. The molecule has 2 aromatic carbocycles. The van der Waals surface area contributed by atoms with Gasteiger partial charge in [0.25, 0.3) is 0 Å². The Kier molecular flexibility index (Phi) is 9.96. The molecule has 1 atom stereocenters. The molecule has 2 rings (SSSR count). The Bertz CT molecular complexity index is 1140. The van der Waals surface area contributed by atoms with Gasteiger partial charge in [0, 0.05) is 22.6 Å². The maximum absolute atomic E-state index is 13.5. The van der Waals surface area contributed by atoms with Crippen molar-refractivity contribution in [1.29, 1.82) is 0 Å². The average molecular weight is 573 g/mol. The van der Waals surface area contributed by atoms with Gasteiger partial charge < -0.3 is 10.2 Å². The quantitative estimate of drug-likeness (QED) is 0.458. The number of carbonyl (C=O) groups excluding carboxylic acids is 2. The van der Waals surface area contributed by atoms with Gasteiger partial charge in [0.05, 0.1) is 11.9 Å². The van der Waals surface area contributed by atoms with E-state index in [2.05, 4.69) is 21.2 Å². The van der Waals surface area contributed by atoms with Crippen LogP contribution in [0.3, 0.4) is 0 Å². The Labute approximate surface area is 215 Å². The largest absolute Gasteiger partial charge is 0.354 e. The zero-order valence-corrected chi connectivity index (χ0v) is 23.2. The van der Waals surface area contributed by atoms with Gasteiger partial charge in [-0.25, -0.2) is 8.42 Å². The molecule has 0 aliphatic rings. The maximum atomic E-state index is 13.5. The van der Waals surface area contributed by atoms with Gasteiger partial charge in [-0.15, -0.1) is 0 Å². The molecule has 10 heteroatoms. The smallest absolute Gasteiger partial charge is 0.244 e. The van der Waals surface area contributed by atoms with Crippen molar-refractivity contribution in [3.63, 3.8) is 0 Å². The SMILES string of the molecule is Cc1c(Cl)cccc1N(CC(=O)N(Cc1cccc(Br)c1)[C@@H](C)C(=O)NCC(C)C)S(C)(=O)=O. The number of rotatable bonds is 10. The highest BCUT2D eigenvalue weighted by atomic mass is 79.9. The first-order valence-corrected chi connectivity index (χ1v) is 13.9. The van der Waals surface area contributed by atoms with E-state index in [-0.39, 0.29) is 18.4 Å². The number of sulfonamides is 1. The highest BCUT2D eigenvalue weighted by Gasteiger charge is 2.30. The normalized spacial score (nSPS) is 12.4. The molecular weight excluding hydrogens is 542 g/mol. The number of nitrogens with zero attached hydrogens (tertiary/aromatic N) is 2. The first-order chi connectivity index (χ1) is 15.8. The topological polar surface area (TPSA) is 86.8 Å². The molecule has 2 amide bonds. The Morgan fingerprint density at radius 2 is 1.76 bits per heavy atom. The first kappa shape index (κ1) is 28.1. The van der Waals surface area contributed by atoms with E-state index in [0.717, 1.165) is 20.6 Å². The molecule has 0 unspecified atom stereocenters. The zero-order valence-electron chi connectivity index (χ0n) is 20.0. The predicted octanol–water partition coefficient (Wildman–Crippen LogP) is 4.37. The van der Waals surface area contributed by atoms with Crippen LogP contribution in [0.4, 0.5) is 5.69 Å². The third kappa shape index (κ3) is 7.71. The van der Waals surface area contributed by atoms with E-state index in [1.807, 2.05) is 38.1 Å². The fourth-order valence-electron chi connectivity index (χ4n) is 3.33. The van der Waals surface area contributed by atoms with Crippen LogP contribution in [0.2, 0.25) is 5.02 Å². The van der Waals surface area contributed by atoms with Crippen molar-refractivity contribution in [2.75, 3.05) is 23.7 Å². The number of amides is 2. The summed E-state index contributed by atoms with van der Waals surface area (Å²) in [5.41, 5.74) is 1.67. The summed E-state index contributed by atoms with van der Waals surface area (Å²) >= 11 is 9.63. The minimum atomic E-state index is -3.81. The van der Waals surface area contributed by atoms with Crippen molar-refractivity contribution in [2.24, 2.45) is 5.92 Å². The van der Waals surface area contributed by atoms with Crippen LogP contribution in [0.25, 0.3) is 0 Å². The Balaban J connectivity index is 2.41. The molecule has 0 radical (unpaired) electrons. The third-order valence-corrected chi connectivity index (χ3v) is 7.31. The van der Waals surface area contributed by atoms with Gasteiger partial charge in [-0.1, -0.05) is 59.6 Å². The third-order valence-electron chi connectivity index (χ3n) is 5.28. The molecule has 186 valence electrons. The zero-order chi connectivity index (χ0) is 25.6. The lowest BCUT2D eigenvalue weighted by molar-refractivity contribution is -0.139. The Morgan fingerprint density at radius 3 is 2.35 bits per heavy atom. The lowest BCUT2D eigenvalue weighted by Crippen LogP contribution is -2.51. The molecule has 7 nitrogen and oxygen atoms in total. The number of hydrogen-bond donors (Lipinski definition) is 1. The van der Waals surface area contributed by atoms with E-state index < -0.39 is 28.5 Å². The maximum Gasteiger partial charge on any atom is 0.244 e. The number of nitrogens with one attached hydrogen (secondary N) is 1. The summed E-state index contributed by atoms with van der Waals surface area (Å²) in [6.45, 7) is 7.44. The summed E-state index contributed by atoms with van der Waals surface area (Å²) in [4.78, 5) is 27.8. The summed E-state index contributed by atoms with van der Waals surface area (Å²) < 4.78 is 27.2. The van der Waals surface area contributed by atoms with Crippen LogP contribution in [0.15, 0.2) is 46.9 Å². The molecule has 1 N–H and O–H groups in total. The number of anilines is 1. The van der Waals surface area contributed by atoms with Crippen LogP contribution in [0, 0.1) is 12.8 Å². The second-order valence-corrected chi connectivity index (χ2v) is 11.8. The summed E-state index contributed by atoms with van der Waals surface area (Å²) in [5, 5.41) is 3.25. The fourth-order valence-corrected chi connectivity index (χ4v) is 4.84. The molecule has 34 heavy (non-hydrogen) atoms. The van der Waals surface area contributed by atoms with Gasteiger partial charge in [-0.2, -0.15) is 0 Å². The summed E-state index contributed by atoms with van der Waals surface area (Å²) in [6, 6.07) is 11.5. The van der Waals surface area contributed by atoms with Crippen molar-refractivity contribution in [2.45, 2.75) is 40.3 Å². The molecular formula is C24H31BrClN3O4S. The van der Waals surface area contributed by atoms with E-state index >= 15 is 0 Å². The van der Waals surface area contributed by atoms with E-state index in [1.165, 1.54) is 4.90 Å². The van der Waals surface area contributed by atoms with E-state index in [0.29, 0.717) is 22.8 Å². The number of benzene rings is 2. The van der Waals surface area contributed by atoms with Crippen molar-refractivity contribution >= 4 is 55.1 Å². The second-order valence-electron chi connectivity index (χ2n) is 8.62. The van der Waals surface area contributed by atoms with Crippen LogP contribution in [0.5, 0.6) is 0 Å². The molecule has 0 saturated carbocycles. The molecule has 0 aliphatic heterocycles. The van der Waals surface area contributed by atoms with Gasteiger partial charge in [0.1, 0.15) is 12.6 Å². The average Bonchev–Trinajstić information content (AvgIpc) is 2.75. The first-order valence-electron chi connectivity index (χ1n) is 10.9. The minimum Gasteiger partial charge on any atom is -0.354 e. The van der Waals surface area contributed by atoms with Crippen LogP contribution < -0.4 is 9.62 Å². The van der Waals surface area contributed by atoms with Gasteiger partial charge in [0.2, 0.25) is 21.8 Å². The van der Waals surface area contributed by atoms with Crippen molar-refractivity contribution < 1.29 is 18.0 Å². The lowest BCUT2D eigenvalue weighted by atomic mass is 10.1. The highest BCUT2D eigenvalue weighted by Crippen LogP contribution is 2.28. The Hall–Kier alpha value is -2.10. The number of hydrogen-bond acceptors (Lipinski definition) is 4. The molecule has 0 saturated heterocycles. The molecule has 0 fully saturated rings. The van der Waals surface area contributed by atoms with Crippen molar-refractivity contribution in [3.05, 3.63) is 63.1 Å². The van der Waals surface area contributed by atoms with E-state index in [9.17, 15) is 18.0 Å². The molecule has 2 aromatic rings. The number of halogens is 2. The van der Waals surface area contributed by atoms with E-state index in [4.69, 9.17) is 11.6 Å². The van der Waals surface area contributed by atoms with Crippen LogP contribution in [-0.4, -0.2) is 50.5 Å². The van der Waals surface area contributed by atoms with Gasteiger partial charge in [-0.05, 0) is 55.2 Å². The number of carbonyl (C=O) groups is 2. The fraction of sp³-hybridized carbons (Fsp3) is 0.417. The summed E-state index contributed by atoms with van der Waals surface area (Å²) in [7, 11) is -3.81. The standard InChI is InChI=1S/C24H31BrClN3O4S/c1-16(2)13-27-24(31)18(4)28(14-19-8-6-9-20(25)12-19)23(30)15-29(34(5,32)33)22-11-7-10-21(26)17(22)3/h6-12,16,18H,13-15H2,1-5H3,(H,27,31)/t18-/m0/s1. The van der Waals surface area contributed by atoms with Crippen LogP contribution in [-0.2, 0) is 26.2 Å². The van der Waals surface area contributed by atoms with Gasteiger partial charge in [-0.3, -0.25) is 13.9 Å². The summed E-state index contributed by atoms with van der Waals surface area (Å²) in [6.07, 6.45) is 1.04.